The number of ether oxygens (including phenoxy) is 4. The number of rotatable bonds is 88. The summed E-state index contributed by atoms with van der Waals surface area (Å²) in [7, 11) is -9.93. The molecule has 0 aromatic carbocycles. The van der Waals surface area contributed by atoms with Crippen molar-refractivity contribution in [2.45, 2.75) is 496 Å². The van der Waals surface area contributed by atoms with E-state index in [9.17, 15) is 43.2 Å². The van der Waals surface area contributed by atoms with Crippen molar-refractivity contribution in [1.29, 1.82) is 0 Å². The van der Waals surface area contributed by atoms with E-state index in [0.29, 0.717) is 25.7 Å². The lowest BCUT2D eigenvalue weighted by molar-refractivity contribution is -0.161. The zero-order chi connectivity index (χ0) is 79.2. The van der Waals surface area contributed by atoms with Crippen LogP contribution in [0.3, 0.4) is 0 Å². The van der Waals surface area contributed by atoms with Gasteiger partial charge in [0.15, 0.2) is 12.2 Å². The fourth-order valence-electron chi connectivity index (χ4n) is 14.0. The summed E-state index contributed by atoms with van der Waals surface area (Å²) in [5, 5.41) is 10.7. The molecule has 0 aromatic rings. The largest absolute Gasteiger partial charge is 0.472 e. The zero-order valence-electron chi connectivity index (χ0n) is 71.2. The highest BCUT2D eigenvalue weighted by molar-refractivity contribution is 7.47. The first kappa shape index (κ1) is 106. The van der Waals surface area contributed by atoms with Crippen LogP contribution in [0.5, 0.6) is 0 Å². The number of hydrogen-bond donors (Lipinski definition) is 3. The number of phosphoric ester groups is 2. The smallest absolute Gasteiger partial charge is 0.462 e. The molecule has 642 valence electrons. The first-order valence-electron chi connectivity index (χ1n) is 46.0. The van der Waals surface area contributed by atoms with E-state index in [1.807, 2.05) is 0 Å². The quantitative estimate of drug-likeness (QED) is 0.0222. The molecule has 0 spiro atoms. The van der Waals surface area contributed by atoms with Crippen LogP contribution in [0.2, 0.25) is 0 Å². The maximum Gasteiger partial charge on any atom is 0.472 e. The van der Waals surface area contributed by atoms with Gasteiger partial charge >= 0.3 is 39.5 Å². The van der Waals surface area contributed by atoms with Gasteiger partial charge in [-0.2, -0.15) is 0 Å². The van der Waals surface area contributed by atoms with E-state index in [2.05, 4.69) is 41.5 Å². The monoisotopic (exact) mass is 1580 g/mol. The van der Waals surface area contributed by atoms with Gasteiger partial charge in [-0.1, -0.05) is 427 Å². The van der Waals surface area contributed by atoms with Crippen LogP contribution in [0.25, 0.3) is 0 Å². The van der Waals surface area contributed by atoms with Crippen LogP contribution in [0.4, 0.5) is 0 Å². The molecule has 19 heteroatoms. The maximum atomic E-state index is 13.2. The van der Waals surface area contributed by atoms with Gasteiger partial charge in [-0.3, -0.25) is 37.3 Å². The summed E-state index contributed by atoms with van der Waals surface area (Å²) in [6.45, 7) is 9.71. The molecule has 0 saturated carbocycles. The van der Waals surface area contributed by atoms with Gasteiger partial charge in [-0.15, -0.1) is 0 Å². The van der Waals surface area contributed by atoms with Gasteiger partial charge in [-0.25, -0.2) is 9.13 Å². The van der Waals surface area contributed by atoms with Gasteiger partial charge in [0.05, 0.1) is 26.4 Å². The number of unbranched alkanes of at least 4 members (excludes halogenated alkanes) is 58. The van der Waals surface area contributed by atoms with Crippen LogP contribution in [-0.2, 0) is 65.4 Å². The zero-order valence-corrected chi connectivity index (χ0v) is 73.0. The van der Waals surface area contributed by atoms with E-state index in [-0.39, 0.29) is 25.7 Å². The van der Waals surface area contributed by atoms with Crippen molar-refractivity contribution in [3.63, 3.8) is 0 Å². The summed E-state index contributed by atoms with van der Waals surface area (Å²) in [5.74, 6) is -0.533. The van der Waals surface area contributed by atoms with Gasteiger partial charge in [0, 0.05) is 25.7 Å². The number of hydrogen-bond acceptors (Lipinski definition) is 15. The SMILES string of the molecule is CCCCCCCCCCCCCCCCCCCCCCC(=O)OC[C@H](COP(=O)(O)OC[C@@H](O)COP(=O)(O)OC[C@@H](COC(=O)CCCCCCCCCCCC(C)C)OC(=O)CCCCCCCCCCCCCCCCC)OC(=O)CCCCCCCCCCCCCCCCCCCCC(C)C. The third kappa shape index (κ3) is 82.1. The van der Waals surface area contributed by atoms with Crippen molar-refractivity contribution in [3.8, 4) is 0 Å². The molecule has 3 N–H and O–H groups in total. The highest BCUT2D eigenvalue weighted by atomic mass is 31.2. The molecule has 0 aliphatic carbocycles. The number of esters is 4. The molecule has 0 amide bonds. The highest BCUT2D eigenvalue weighted by Crippen LogP contribution is 2.45. The molecule has 0 bridgehead atoms. The highest BCUT2D eigenvalue weighted by Gasteiger charge is 2.31. The Morgan fingerprint density at radius 2 is 0.426 bits per heavy atom. The Bertz CT molecular complexity index is 2060. The Kier molecular flexibility index (Phi) is 78.8. The molecule has 17 nitrogen and oxygen atoms in total. The predicted molar refractivity (Wildman–Crippen MR) is 446 cm³/mol. The fourth-order valence-corrected chi connectivity index (χ4v) is 15.5. The first-order chi connectivity index (χ1) is 52.4. The molecular formula is C89H174O17P2. The Balaban J connectivity index is 5.24. The van der Waals surface area contributed by atoms with Gasteiger partial charge in [0.2, 0.25) is 0 Å². The van der Waals surface area contributed by atoms with Crippen LogP contribution < -0.4 is 0 Å². The Labute approximate surface area is 664 Å². The lowest BCUT2D eigenvalue weighted by Crippen LogP contribution is -2.30. The minimum absolute atomic E-state index is 0.108. The molecule has 0 radical (unpaired) electrons. The second-order valence-corrected chi connectivity index (χ2v) is 35.8. The molecule has 0 saturated heterocycles. The summed E-state index contributed by atoms with van der Waals surface area (Å²) in [6, 6.07) is 0. The number of phosphoric acid groups is 2. The summed E-state index contributed by atoms with van der Waals surface area (Å²) in [5.41, 5.74) is 0. The molecule has 0 heterocycles. The fraction of sp³-hybridized carbons (Fsp3) is 0.955. The van der Waals surface area contributed by atoms with Gasteiger partial charge in [-0.05, 0) is 37.5 Å². The Hall–Kier alpha value is -1.94. The molecule has 0 aliphatic rings. The average molecular weight is 1580 g/mol. The standard InChI is InChI=1S/C89H174O17P2/c1-7-9-11-13-15-17-19-21-23-24-25-26-30-34-37-41-47-53-59-65-71-86(91)99-77-84(105-89(94)74-68-62-56-49-43-39-35-31-28-27-29-33-36-40-45-51-57-63-69-81(3)4)79-103-107(95,96)101-75-83(90)76-102-108(97,98)104-80-85(78-100-87(92)72-66-60-54-50-44-46-52-58-64-70-82(5)6)106-88(93)73-67-61-55-48-42-38-32-22-20-18-16-14-12-10-8-2/h81-85,90H,7-80H2,1-6H3,(H,95,96)(H,97,98)/t83-,84-,85-/m1/s1. The summed E-state index contributed by atoms with van der Waals surface area (Å²) in [4.78, 5) is 73.3. The van der Waals surface area contributed by atoms with Crippen molar-refractivity contribution in [1.82, 2.24) is 0 Å². The topological polar surface area (TPSA) is 237 Å². The molecule has 2 unspecified atom stereocenters. The van der Waals surface area contributed by atoms with Crippen LogP contribution in [0.15, 0.2) is 0 Å². The number of aliphatic hydroxyl groups excluding tert-OH is 1. The molecule has 5 atom stereocenters. The van der Waals surface area contributed by atoms with E-state index in [4.69, 9.17) is 37.0 Å². The van der Waals surface area contributed by atoms with Crippen LogP contribution in [-0.4, -0.2) is 96.7 Å². The third-order valence-corrected chi connectivity index (χ3v) is 22.9. The Morgan fingerprint density at radius 3 is 0.630 bits per heavy atom. The maximum absolute atomic E-state index is 13.2. The second-order valence-electron chi connectivity index (χ2n) is 32.9. The average Bonchev–Trinajstić information content (AvgIpc) is 0.926. The minimum atomic E-state index is -4.97. The molecular weight excluding hydrogens is 1400 g/mol. The van der Waals surface area contributed by atoms with E-state index >= 15 is 0 Å². The van der Waals surface area contributed by atoms with E-state index in [1.165, 1.54) is 295 Å². The van der Waals surface area contributed by atoms with Crippen LogP contribution >= 0.6 is 15.6 Å². The molecule has 0 fully saturated rings. The normalized spacial score (nSPS) is 13.8. The second kappa shape index (κ2) is 80.3. The molecule has 0 aliphatic heterocycles. The van der Waals surface area contributed by atoms with E-state index in [0.717, 1.165) is 102 Å². The number of carbonyl (C=O) groups excluding carboxylic acids is 4. The molecule has 0 rings (SSSR count). The van der Waals surface area contributed by atoms with Crippen LogP contribution in [0.1, 0.15) is 478 Å². The van der Waals surface area contributed by atoms with Crippen LogP contribution in [0, 0.1) is 11.8 Å². The van der Waals surface area contributed by atoms with Crippen molar-refractivity contribution < 1.29 is 80.2 Å². The van der Waals surface area contributed by atoms with E-state index < -0.39 is 97.5 Å². The van der Waals surface area contributed by atoms with Gasteiger partial charge in [0.1, 0.15) is 19.3 Å². The predicted octanol–water partition coefficient (Wildman–Crippen LogP) is 27.4. The van der Waals surface area contributed by atoms with Crippen molar-refractivity contribution in [2.24, 2.45) is 11.8 Å². The van der Waals surface area contributed by atoms with E-state index in [1.54, 1.807) is 0 Å². The summed E-state index contributed by atoms with van der Waals surface area (Å²) in [6.07, 6.45) is 73.7. The lowest BCUT2D eigenvalue weighted by Gasteiger charge is -2.21. The Morgan fingerprint density at radius 1 is 0.250 bits per heavy atom. The number of carbonyl (C=O) groups is 4. The van der Waals surface area contributed by atoms with Gasteiger partial charge in [0.25, 0.3) is 0 Å². The third-order valence-electron chi connectivity index (χ3n) is 21.0. The summed E-state index contributed by atoms with van der Waals surface area (Å²) >= 11 is 0. The van der Waals surface area contributed by atoms with Crippen molar-refractivity contribution in [3.05, 3.63) is 0 Å². The van der Waals surface area contributed by atoms with Crippen molar-refractivity contribution in [2.75, 3.05) is 39.6 Å². The first-order valence-corrected chi connectivity index (χ1v) is 49.0. The van der Waals surface area contributed by atoms with Crippen molar-refractivity contribution >= 4 is 39.5 Å². The summed E-state index contributed by atoms with van der Waals surface area (Å²) < 4.78 is 69.0. The van der Waals surface area contributed by atoms with Gasteiger partial charge < -0.3 is 33.8 Å². The molecule has 108 heavy (non-hydrogen) atoms. The lowest BCUT2D eigenvalue weighted by atomic mass is 10.0. The minimum Gasteiger partial charge on any atom is -0.462 e. The number of aliphatic hydroxyl groups is 1. The molecule has 0 aromatic heterocycles.